The number of aliphatic hydroxyl groups excluding tert-OH is 1. The third-order valence-corrected chi connectivity index (χ3v) is 9.98. The molecular formula is C28H37N3O4S. The smallest absolute Gasteiger partial charge is 0.247 e. The van der Waals surface area contributed by atoms with Crippen molar-refractivity contribution in [1.29, 1.82) is 0 Å². The van der Waals surface area contributed by atoms with Crippen LogP contribution in [-0.2, 0) is 20.9 Å². The van der Waals surface area contributed by atoms with Crippen molar-refractivity contribution in [2.45, 2.75) is 48.3 Å². The largest absolute Gasteiger partial charge is 0.396 e. The molecule has 1 aromatic carbocycles. The highest BCUT2D eigenvalue weighted by molar-refractivity contribution is 8.02. The summed E-state index contributed by atoms with van der Waals surface area (Å²) in [5, 5.41) is 9.55. The molecule has 1 aromatic rings. The van der Waals surface area contributed by atoms with Crippen LogP contribution in [0.4, 0.5) is 0 Å². The zero-order valence-electron chi connectivity index (χ0n) is 21.3. The zero-order chi connectivity index (χ0) is 26.1. The maximum Gasteiger partial charge on any atom is 0.247 e. The Morgan fingerprint density at radius 1 is 1.17 bits per heavy atom. The van der Waals surface area contributed by atoms with Gasteiger partial charge in [0.15, 0.2) is 0 Å². The minimum absolute atomic E-state index is 0.0627. The van der Waals surface area contributed by atoms with E-state index in [4.69, 9.17) is 0 Å². The summed E-state index contributed by atoms with van der Waals surface area (Å²) in [6.45, 7) is 11.1. The van der Waals surface area contributed by atoms with E-state index < -0.39 is 27.4 Å². The molecule has 36 heavy (non-hydrogen) atoms. The Kier molecular flexibility index (Phi) is 7.67. The molecule has 4 rings (SSSR count). The van der Waals surface area contributed by atoms with Crippen LogP contribution in [0.2, 0.25) is 0 Å². The number of rotatable bonds is 11. The second-order valence-corrected chi connectivity index (χ2v) is 12.2. The Hall–Kier alpha value is -2.58. The summed E-state index contributed by atoms with van der Waals surface area (Å²) in [6, 6.07) is 9.11. The summed E-state index contributed by atoms with van der Waals surface area (Å²) in [4.78, 5) is 47.0. The molecule has 7 nitrogen and oxygen atoms in total. The summed E-state index contributed by atoms with van der Waals surface area (Å²) in [6.07, 6.45) is 5.26. The highest BCUT2D eigenvalue weighted by Crippen LogP contribution is 2.71. The molecular weight excluding hydrogens is 474 g/mol. The minimum Gasteiger partial charge on any atom is -0.396 e. The summed E-state index contributed by atoms with van der Waals surface area (Å²) >= 11 is 1.67. The van der Waals surface area contributed by atoms with E-state index in [0.29, 0.717) is 32.5 Å². The minimum atomic E-state index is -0.681. The summed E-state index contributed by atoms with van der Waals surface area (Å²) < 4.78 is -1.07. The highest BCUT2D eigenvalue weighted by atomic mass is 32.2. The molecule has 194 valence electrons. The van der Waals surface area contributed by atoms with Crippen LogP contribution < -0.4 is 0 Å². The van der Waals surface area contributed by atoms with Crippen LogP contribution in [0.1, 0.15) is 31.7 Å². The molecule has 8 heteroatoms. The number of carbonyl (C=O) groups is 3. The van der Waals surface area contributed by atoms with Crippen molar-refractivity contribution in [2.75, 3.05) is 33.3 Å². The van der Waals surface area contributed by atoms with Crippen molar-refractivity contribution in [3.63, 3.8) is 0 Å². The van der Waals surface area contributed by atoms with E-state index in [0.717, 1.165) is 12.0 Å². The summed E-state index contributed by atoms with van der Waals surface area (Å²) in [7, 11) is 1.74. The van der Waals surface area contributed by atoms with Gasteiger partial charge in [-0.1, -0.05) is 42.5 Å². The topological polar surface area (TPSA) is 81.2 Å². The average molecular weight is 512 g/mol. The molecule has 0 aromatic heterocycles. The van der Waals surface area contributed by atoms with Gasteiger partial charge < -0.3 is 19.8 Å². The van der Waals surface area contributed by atoms with E-state index in [9.17, 15) is 19.5 Å². The number of likely N-dealkylation sites (N-methyl/N-ethyl adjacent to an activating group) is 1. The summed E-state index contributed by atoms with van der Waals surface area (Å²) in [5.74, 6) is -1.37. The number of thioether (sulfide) groups is 1. The lowest BCUT2D eigenvalue weighted by atomic mass is 9.66. The average Bonchev–Trinajstić information content (AvgIpc) is 3.43. The van der Waals surface area contributed by atoms with Gasteiger partial charge in [0.05, 0.1) is 16.6 Å². The molecule has 1 N–H and O–H groups in total. The second-order valence-electron chi connectivity index (χ2n) is 10.3. The molecule has 2 unspecified atom stereocenters. The lowest BCUT2D eigenvalue weighted by Crippen LogP contribution is -2.55. The van der Waals surface area contributed by atoms with Gasteiger partial charge in [-0.25, -0.2) is 0 Å². The van der Waals surface area contributed by atoms with Crippen molar-refractivity contribution < 1.29 is 19.5 Å². The number of benzene rings is 1. The van der Waals surface area contributed by atoms with Crippen LogP contribution in [0.3, 0.4) is 0 Å². The van der Waals surface area contributed by atoms with Crippen LogP contribution in [0, 0.1) is 11.8 Å². The predicted molar refractivity (Wildman–Crippen MR) is 142 cm³/mol. The number of nitrogens with zero attached hydrogens (tertiary/aromatic N) is 3. The fraction of sp³-hybridized carbons (Fsp3) is 0.536. The van der Waals surface area contributed by atoms with E-state index in [1.54, 1.807) is 45.7 Å². The number of hydrogen-bond donors (Lipinski definition) is 1. The highest BCUT2D eigenvalue weighted by Gasteiger charge is 2.77. The molecule has 3 heterocycles. The van der Waals surface area contributed by atoms with Crippen LogP contribution in [-0.4, -0.2) is 86.4 Å². The van der Waals surface area contributed by atoms with Gasteiger partial charge in [-0.2, -0.15) is 0 Å². The zero-order valence-corrected chi connectivity index (χ0v) is 22.1. The SMILES string of the molecule is C=CCN(C)C(=O)[C@@H]1[C@H]2C(=O)N(CCCO)C(C(=O)N(CC=C)Cc3ccccc3)C23CC[C@@]1(C)S3. The van der Waals surface area contributed by atoms with E-state index in [2.05, 4.69) is 20.1 Å². The fourth-order valence-electron chi connectivity index (χ4n) is 6.45. The number of fused-ring (bicyclic) bond motifs is 1. The Morgan fingerprint density at radius 2 is 1.86 bits per heavy atom. The van der Waals surface area contributed by atoms with Gasteiger partial charge in [0.25, 0.3) is 0 Å². The second kappa shape index (κ2) is 10.4. The van der Waals surface area contributed by atoms with E-state index in [1.165, 1.54) is 0 Å². The van der Waals surface area contributed by atoms with Gasteiger partial charge >= 0.3 is 0 Å². The molecule has 3 saturated heterocycles. The lowest BCUT2D eigenvalue weighted by molar-refractivity contribution is -0.145. The molecule has 3 aliphatic rings. The monoisotopic (exact) mass is 511 g/mol. The van der Waals surface area contributed by atoms with Gasteiger partial charge in [-0.15, -0.1) is 24.9 Å². The number of amides is 3. The van der Waals surface area contributed by atoms with Crippen molar-refractivity contribution >= 4 is 29.5 Å². The van der Waals surface area contributed by atoms with Gasteiger partial charge in [-0.3, -0.25) is 14.4 Å². The van der Waals surface area contributed by atoms with Gasteiger partial charge in [0.1, 0.15) is 6.04 Å². The number of aliphatic hydroxyl groups is 1. The normalized spacial score (nSPS) is 30.2. The first-order valence-corrected chi connectivity index (χ1v) is 13.5. The molecule has 1 spiro atoms. The standard InChI is InChI=1S/C28H37N3O4S/c1-5-15-29(4)24(33)21-22-25(34)31(17-10-18-32)23(28(22)14-13-27(21,3)36-28)26(35)30(16-6-2)19-20-11-8-7-9-12-20/h5-9,11-12,21-23,32H,1-2,10,13-19H2,3-4H3/t21-,22-,23?,27+,28?/m0/s1. The molecule has 0 saturated carbocycles. The molecule has 0 aliphatic carbocycles. The number of likely N-dealkylation sites (tertiary alicyclic amines) is 1. The maximum atomic E-state index is 14.3. The number of carbonyl (C=O) groups excluding carboxylic acids is 3. The molecule has 2 bridgehead atoms. The molecule has 3 aliphatic heterocycles. The first-order chi connectivity index (χ1) is 17.2. The van der Waals surface area contributed by atoms with Crippen molar-refractivity contribution in [1.82, 2.24) is 14.7 Å². The molecule has 0 radical (unpaired) electrons. The van der Waals surface area contributed by atoms with Crippen molar-refractivity contribution in [3.05, 3.63) is 61.2 Å². The third kappa shape index (κ3) is 4.28. The molecule has 5 atom stereocenters. The Labute approximate surface area is 218 Å². The molecule has 3 fully saturated rings. The van der Waals surface area contributed by atoms with E-state index in [-0.39, 0.29) is 30.9 Å². The predicted octanol–water partition coefficient (Wildman–Crippen LogP) is 2.71. The number of hydrogen-bond acceptors (Lipinski definition) is 5. The maximum absolute atomic E-state index is 14.3. The van der Waals surface area contributed by atoms with Gasteiger partial charge in [-0.05, 0) is 31.7 Å². The van der Waals surface area contributed by atoms with Crippen molar-refractivity contribution in [2.24, 2.45) is 11.8 Å². The first kappa shape index (κ1) is 26.5. The fourth-order valence-corrected chi connectivity index (χ4v) is 8.79. The van der Waals surface area contributed by atoms with E-state index in [1.807, 2.05) is 30.3 Å². The van der Waals surface area contributed by atoms with Crippen LogP contribution in [0.25, 0.3) is 0 Å². The van der Waals surface area contributed by atoms with Gasteiger partial charge in [0.2, 0.25) is 17.7 Å². The van der Waals surface area contributed by atoms with Gasteiger partial charge in [0, 0.05) is 44.6 Å². The van der Waals surface area contributed by atoms with Crippen LogP contribution in [0.5, 0.6) is 0 Å². The third-order valence-electron chi connectivity index (χ3n) is 7.99. The Balaban J connectivity index is 1.74. The van der Waals surface area contributed by atoms with Crippen LogP contribution >= 0.6 is 11.8 Å². The van der Waals surface area contributed by atoms with Crippen molar-refractivity contribution in [3.8, 4) is 0 Å². The lowest BCUT2D eigenvalue weighted by Gasteiger charge is -2.37. The quantitative estimate of drug-likeness (QED) is 0.462. The Bertz CT molecular complexity index is 1030. The summed E-state index contributed by atoms with van der Waals surface area (Å²) in [5.41, 5.74) is 1.00. The van der Waals surface area contributed by atoms with Crippen LogP contribution in [0.15, 0.2) is 55.6 Å². The first-order valence-electron chi connectivity index (χ1n) is 12.6. The Morgan fingerprint density at radius 3 is 2.50 bits per heavy atom. The molecule has 3 amide bonds. The van der Waals surface area contributed by atoms with E-state index >= 15 is 0 Å².